The quantitative estimate of drug-likeness (QED) is 0.820. The largest absolute Gasteiger partial charge is 0.465 e. The second kappa shape index (κ2) is 4.45. The molecule has 0 aliphatic heterocycles. The zero-order valence-corrected chi connectivity index (χ0v) is 10.2. The summed E-state index contributed by atoms with van der Waals surface area (Å²) in [7, 11) is 3.21. The second-order valence-electron chi connectivity index (χ2n) is 3.65. The summed E-state index contributed by atoms with van der Waals surface area (Å²) >= 11 is 0. The van der Waals surface area contributed by atoms with Crippen LogP contribution in [0.2, 0.25) is 0 Å². The molecule has 0 spiro atoms. The molecule has 0 fully saturated rings. The SMILES string of the molecule is CCc1nc2ccc(C(=O)OC)cn2c1NC. The number of carbonyl (C=O) groups is 1. The molecule has 17 heavy (non-hydrogen) atoms. The minimum Gasteiger partial charge on any atom is -0.465 e. The molecule has 2 heterocycles. The van der Waals surface area contributed by atoms with Gasteiger partial charge in [-0.1, -0.05) is 6.92 Å². The van der Waals surface area contributed by atoms with Gasteiger partial charge in [0.1, 0.15) is 11.5 Å². The van der Waals surface area contributed by atoms with Crippen molar-refractivity contribution in [2.75, 3.05) is 19.5 Å². The summed E-state index contributed by atoms with van der Waals surface area (Å²) in [6, 6.07) is 3.53. The Balaban J connectivity index is 2.62. The van der Waals surface area contributed by atoms with E-state index in [1.807, 2.05) is 24.4 Å². The Hall–Kier alpha value is -2.04. The van der Waals surface area contributed by atoms with Crippen molar-refractivity contribution < 1.29 is 9.53 Å². The zero-order valence-electron chi connectivity index (χ0n) is 10.2. The number of anilines is 1. The minimum absolute atomic E-state index is 0.347. The normalized spacial score (nSPS) is 10.5. The van der Waals surface area contributed by atoms with E-state index in [2.05, 4.69) is 10.3 Å². The van der Waals surface area contributed by atoms with Crippen molar-refractivity contribution in [1.29, 1.82) is 0 Å². The summed E-state index contributed by atoms with van der Waals surface area (Å²) in [5.74, 6) is 0.564. The fourth-order valence-electron chi connectivity index (χ4n) is 1.84. The number of rotatable bonds is 3. The van der Waals surface area contributed by atoms with Crippen molar-refractivity contribution in [2.24, 2.45) is 0 Å². The summed E-state index contributed by atoms with van der Waals surface area (Å²) in [4.78, 5) is 15.9. The van der Waals surface area contributed by atoms with E-state index in [1.165, 1.54) is 7.11 Å². The molecule has 2 aromatic rings. The van der Waals surface area contributed by atoms with Crippen LogP contribution in [0.25, 0.3) is 5.65 Å². The lowest BCUT2D eigenvalue weighted by Gasteiger charge is -2.04. The number of nitrogens with zero attached hydrogens (tertiary/aromatic N) is 2. The predicted octanol–water partition coefficient (Wildman–Crippen LogP) is 1.72. The molecule has 0 saturated carbocycles. The van der Waals surface area contributed by atoms with E-state index in [0.717, 1.165) is 23.6 Å². The Morgan fingerprint density at radius 3 is 2.88 bits per heavy atom. The summed E-state index contributed by atoms with van der Waals surface area (Å²) in [6.07, 6.45) is 2.57. The van der Waals surface area contributed by atoms with E-state index in [4.69, 9.17) is 4.74 Å². The van der Waals surface area contributed by atoms with Gasteiger partial charge in [0.2, 0.25) is 0 Å². The summed E-state index contributed by atoms with van der Waals surface area (Å²) in [5, 5.41) is 3.10. The van der Waals surface area contributed by atoms with Gasteiger partial charge in [-0.25, -0.2) is 9.78 Å². The van der Waals surface area contributed by atoms with Crippen molar-refractivity contribution in [3.05, 3.63) is 29.6 Å². The fourth-order valence-corrected chi connectivity index (χ4v) is 1.84. The number of imidazole rings is 1. The van der Waals surface area contributed by atoms with Crippen molar-refractivity contribution in [1.82, 2.24) is 9.38 Å². The number of pyridine rings is 1. The molecule has 1 N–H and O–H groups in total. The Morgan fingerprint density at radius 2 is 2.29 bits per heavy atom. The molecule has 5 nitrogen and oxygen atoms in total. The number of fused-ring (bicyclic) bond motifs is 1. The third-order valence-electron chi connectivity index (χ3n) is 2.68. The molecule has 0 amide bonds. The maximum absolute atomic E-state index is 11.5. The molecule has 0 radical (unpaired) electrons. The van der Waals surface area contributed by atoms with Crippen LogP contribution in [-0.2, 0) is 11.2 Å². The van der Waals surface area contributed by atoms with Gasteiger partial charge in [0.25, 0.3) is 0 Å². The first-order valence-corrected chi connectivity index (χ1v) is 5.48. The average molecular weight is 233 g/mol. The van der Waals surface area contributed by atoms with E-state index in [9.17, 15) is 4.79 Å². The Kier molecular flexibility index (Phi) is 2.99. The van der Waals surface area contributed by atoms with Crippen molar-refractivity contribution in [3.63, 3.8) is 0 Å². The first kappa shape index (κ1) is 11.4. The topological polar surface area (TPSA) is 55.6 Å². The molecule has 0 saturated heterocycles. The van der Waals surface area contributed by atoms with E-state index >= 15 is 0 Å². The Morgan fingerprint density at radius 1 is 1.53 bits per heavy atom. The number of nitrogens with one attached hydrogen (secondary N) is 1. The van der Waals surface area contributed by atoms with Gasteiger partial charge < -0.3 is 10.1 Å². The fraction of sp³-hybridized carbons (Fsp3) is 0.333. The Labute approximate surface area is 99.4 Å². The molecule has 0 bridgehead atoms. The van der Waals surface area contributed by atoms with Crippen LogP contribution < -0.4 is 5.32 Å². The molecule has 5 heteroatoms. The highest BCUT2D eigenvalue weighted by Gasteiger charge is 2.12. The van der Waals surface area contributed by atoms with Crippen LogP contribution in [-0.4, -0.2) is 29.5 Å². The second-order valence-corrected chi connectivity index (χ2v) is 3.65. The van der Waals surface area contributed by atoms with Crippen LogP contribution in [0.5, 0.6) is 0 Å². The smallest absolute Gasteiger partial charge is 0.339 e. The molecule has 0 aliphatic carbocycles. The van der Waals surface area contributed by atoms with Gasteiger partial charge >= 0.3 is 5.97 Å². The van der Waals surface area contributed by atoms with Crippen molar-refractivity contribution in [2.45, 2.75) is 13.3 Å². The number of aryl methyl sites for hydroxylation is 1. The van der Waals surface area contributed by atoms with E-state index in [-0.39, 0.29) is 5.97 Å². The molecule has 0 aromatic carbocycles. The molecule has 0 unspecified atom stereocenters. The third kappa shape index (κ3) is 1.84. The molecule has 2 rings (SSSR count). The summed E-state index contributed by atoms with van der Waals surface area (Å²) in [5.41, 5.74) is 2.31. The number of methoxy groups -OCH3 is 1. The van der Waals surface area contributed by atoms with Crippen molar-refractivity contribution in [3.8, 4) is 0 Å². The van der Waals surface area contributed by atoms with E-state index in [0.29, 0.717) is 5.56 Å². The number of carbonyl (C=O) groups excluding carboxylic acids is 1. The van der Waals surface area contributed by atoms with Crippen LogP contribution in [0.4, 0.5) is 5.82 Å². The number of esters is 1. The maximum Gasteiger partial charge on any atom is 0.339 e. The van der Waals surface area contributed by atoms with E-state index < -0.39 is 0 Å². The van der Waals surface area contributed by atoms with Crippen LogP contribution >= 0.6 is 0 Å². The monoisotopic (exact) mass is 233 g/mol. The Bertz CT molecular complexity index is 560. The molecule has 0 atom stereocenters. The van der Waals surface area contributed by atoms with Gasteiger partial charge in [0.05, 0.1) is 18.4 Å². The number of hydrogen-bond donors (Lipinski definition) is 1. The number of hydrogen-bond acceptors (Lipinski definition) is 4. The highest BCUT2D eigenvalue weighted by molar-refractivity contribution is 5.89. The van der Waals surface area contributed by atoms with Gasteiger partial charge in [-0.2, -0.15) is 0 Å². The number of ether oxygens (including phenoxy) is 1. The molecule has 90 valence electrons. The molecule has 2 aromatic heterocycles. The minimum atomic E-state index is -0.347. The highest BCUT2D eigenvalue weighted by atomic mass is 16.5. The van der Waals surface area contributed by atoms with Gasteiger partial charge in [-0.05, 0) is 18.6 Å². The van der Waals surface area contributed by atoms with Crippen LogP contribution in [0, 0.1) is 0 Å². The van der Waals surface area contributed by atoms with Gasteiger partial charge in [-0.15, -0.1) is 0 Å². The predicted molar refractivity (Wildman–Crippen MR) is 65.5 cm³/mol. The first-order chi connectivity index (χ1) is 8.21. The summed E-state index contributed by atoms with van der Waals surface area (Å²) < 4.78 is 6.56. The average Bonchev–Trinajstić information content (AvgIpc) is 2.74. The highest BCUT2D eigenvalue weighted by Crippen LogP contribution is 2.19. The summed E-state index contributed by atoms with van der Waals surface area (Å²) in [6.45, 7) is 2.05. The number of aromatic nitrogens is 2. The third-order valence-corrected chi connectivity index (χ3v) is 2.68. The zero-order chi connectivity index (χ0) is 12.4. The van der Waals surface area contributed by atoms with Crippen LogP contribution in [0.15, 0.2) is 18.3 Å². The lowest BCUT2D eigenvalue weighted by atomic mass is 10.3. The first-order valence-electron chi connectivity index (χ1n) is 5.48. The van der Waals surface area contributed by atoms with E-state index in [1.54, 1.807) is 12.3 Å². The van der Waals surface area contributed by atoms with Gasteiger partial charge in [0, 0.05) is 13.2 Å². The van der Waals surface area contributed by atoms with Gasteiger partial charge in [0.15, 0.2) is 0 Å². The standard InChI is InChI=1S/C12H15N3O2/c1-4-9-11(13-2)15-7-8(12(16)17-3)5-6-10(15)14-9/h5-7,13H,4H2,1-3H3. The van der Waals surface area contributed by atoms with Gasteiger partial charge in [-0.3, -0.25) is 4.40 Å². The lowest BCUT2D eigenvalue weighted by molar-refractivity contribution is 0.0600. The van der Waals surface area contributed by atoms with Crippen LogP contribution in [0.1, 0.15) is 23.0 Å². The van der Waals surface area contributed by atoms with Crippen molar-refractivity contribution >= 4 is 17.4 Å². The lowest BCUT2D eigenvalue weighted by Crippen LogP contribution is -2.04. The molecular weight excluding hydrogens is 218 g/mol. The molecular formula is C12H15N3O2. The maximum atomic E-state index is 11.5. The molecule has 0 aliphatic rings. The van der Waals surface area contributed by atoms with Crippen LogP contribution in [0.3, 0.4) is 0 Å².